The zero-order valence-electron chi connectivity index (χ0n) is 6.40. The first-order valence-corrected chi connectivity index (χ1v) is 3.70. The Balaban J connectivity index is 2.49. The lowest BCUT2D eigenvalue weighted by Crippen LogP contribution is -2.18. The van der Waals surface area contributed by atoms with Gasteiger partial charge in [-0.1, -0.05) is 24.3 Å². The Morgan fingerprint density at radius 3 is 2.92 bits per heavy atom. The van der Waals surface area contributed by atoms with Gasteiger partial charge in [-0.05, 0) is 11.1 Å². The van der Waals surface area contributed by atoms with Gasteiger partial charge in [0.1, 0.15) is 0 Å². The molecule has 1 heterocycles. The minimum Gasteiger partial charge on any atom is -0.368 e. The van der Waals surface area contributed by atoms with Crippen LogP contribution >= 0.6 is 0 Å². The van der Waals surface area contributed by atoms with Crippen LogP contribution in [0.5, 0.6) is 0 Å². The lowest BCUT2D eigenvalue weighted by Gasteiger charge is -2.03. The Bertz CT molecular complexity index is 357. The molecular weight excluding hydrogens is 152 g/mol. The molecule has 0 bridgehead atoms. The number of rotatable bonds is 1. The van der Waals surface area contributed by atoms with E-state index in [1.54, 1.807) is 6.21 Å². The van der Waals surface area contributed by atoms with Crippen LogP contribution in [-0.2, 0) is 4.79 Å². The number of carbonyl (C=O) groups excluding carboxylic acids is 1. The van der Waals surface area contributed by atoms with Crippen molar-refractivity contribution in [3.63, 3.8) is 0 Å². The van der Waals surface area contributed by atoms with Crippen LogP contribution in [0.1, 0.15) is 17.2 Å². The second kappa shape index (κ2) is 2.44. The summed E-state index contributed by atoms with van der Waals surface area (Å²) in [6.45, 7) is 0. The number of hydrogen-bond donors (Lipinski definition) is 1. The predicted molar refractivity (Wildman–Crippen MR) is 46.0 cm³/mol. The maximum Gasteiger partial charge on any atom is 0.246 e. The molecule has 60 valence electrons. The summed E-state index contributed by atoms with van der Waals surface area (Å²) in [5.41, 5.74) is 7.05. The van der Waals surface area contributed by atoms with E-state index in [0.717, 1.165) is 11.1 Å². The van der Waals surface area contributed by atoms with Gasteiger partial charge in [-0.15, -0.1) is 0 Å². The van der Waals surface area contributed by atoms with Gasteiger partial charge in [-0.3, -0.25) is 9.79 Å². The summed E-state index contributed by atoms with van der Waals surface area (Å²) >= 11 is 0. The molecule has 3 heteroatoms. The molecule has 2 rings (SSSR count). The Morgan fingerprint density at radius 2 is 2.17 bits per heavy atom. The Morgan fingerprint density at radius 1 is 1.42 bits per heavy atom. The topological polar surface area (TPSA) is 55.5 Å². The average Bonchev–Trinajstić information content (AvgIpc) is 2.47. The fourth-order valence-corrected chi connectivity index (χ4v) is 1.34. The first-order valence-electron chi connectivity index (χ1n) is 3.70. The minimum absolute atomic E-state index is 0.392. The molecule has 1 atom stereocenters. The van der Waals surface area contributed by atoms with Crippen molar-refractivity contribution in [1.29, 1.82) is 0 Å². The highest BCUT2D eigenvalue weighted by Crippen LogP contribution is 2.25. The van der Waals surface area contributed by atoms with Crippen LogP contribution in [0.4, 0.5) is 0 Å². The highest BCUT2D eigenvalue weighted by atomic mass is 16.1. The molecule has 1 aliphatic heterocycles. The number of primary amides is 1. The smallest absolute Gasteiger partial charge is 0.246 e. The molecule has 3 nitrogen and oxygen atoms in total. The zero-order chi connectivity index (χ0) is 8.55. The third-order valence-corrected chi connectivity index (χ3v) is 1.92. The van der Waals surface area contributed by atoms with Crippen molar-refractivity contribution >= 4 is 12.1 Å². The lowest BCUT2D eigenvalue weighted by atomic mass is 10.0. The summed E-state index contributed by atoms with van der Waals surface area (Å²) in [5.74, 6) is -0.392. The molecule has 0 spiro atoms. The summed E-state index contributed by atoms with van der Waals surface area (Å²) in [4.78, 5) is 14.9. The van der Waals surface area contributed by atoms with Crippen LogP contribution in [0.2, 0.25) is 0 Å². The van der Waals surface area contributed by atoms with Gasteiger partial charge in [0, 0.05) is 6.21 Å². The van der Waals surface area contributed by atoms with Gasteiger partial charge < -0.3 is 5.73 Å². The van der Waals surface area contributed by atoms with Gasteiger partial charge in [0.2, 0.25) is 5.91 Å². The van der Waals surface area contributed by atoms with E-state index in [0.29, 0.717) is 0 Å². The lowest BCUT2D eigenvalue weighted by molar-refractivity contribution is -0.119. The van der Waals surface area contributed by atoms with Gasteiger partial charge in [0.25, 0.3) is 0 Å². The molecule has 0 saturated heterocycles. The second-order valence-electron chi connectivity index (χ2n) is 2.71. The number of benzene rings is 1. The normalized spacial score (nSPS) is 19.2. The monoisotopic (exact) mass is 160 g/mol. The average molecular weight is 160 g/mol. The number of nitrogens with zero attached hydrogens (tertiary/aromatic N) is 1. The molecule has 0 radical (unpaired) electrons. The quantitative estimate of drug-likeness (QED) is 0.644. The molecule has 1 aliphatic rings. The first kappa shape index (κ1) is 7.03. The first-order chi connectivity index (χ1) is 5.79. The maximum atomic E-state index is 10.9. The number of aliphatic imine (C=N–C) groups is 1. The molecule has 1 aromatic carbocycles. The zero-order valence-corrected chi connectivity index (χ0v) is 6.40. The Hall–Kier alpha value is -1.64. The second-order valence-corrected chi connectivity index (χ2v) is 2.71. The van der Waals surface area contributed by atoms with Gasteiger partial charge in [0.15, 0.2) is 6.04 Å². The van der Waals surface area contributed by atoms with Crippen molar-refractivity contribution in [1.82, 2.24) is 0 Å². The molecule has 1 amide bonds. The Kier molecular flexibility index (Phi) is 1.43. The fraction of sp³-hybridized carbons (Fsp3) is 0.111. The molecule has 12 heavy (non-hydrogen) atoms. The van der Waals surface area contributed by atoms with Crippen LogP contribution in [0.15, 0.2) is 29.3 Å². The van der Waals surface area contributed by atoms with Crippen molar-refractivity contribution < 1.29 is 4.79 Å². The fourth-order valence-electron chi connectivity index (χ4n) is 1.34. The number of fused-ring (bicyclic) bond motifs is 1. The molecular formula is C9H8N2O. The van der Waals surface area contributed by atoms with E-state index in [-0.39, 0.29) is 0 Å². The molecule has 0 unspecified atom stereocenters. The minimum atomic E-state index is -0.471. The van der Waals surface area contributed by atoms with Crippen LogP contribution in [0, 0.1) is 0 Å². The van der Waals surface area contributed by atoms with Crippen molar-refractivity contribution in [2.45, 2.75) is 6.04 Å². The maximum absolute atomic E-state index is 10.9. The number of amides is 1. The summed E-state index contributed by atoms with van der Waals surface area (Å²) in [6.07, 6.45) is 1.69. The Labute approximate surface area is 69.9 Å². The SMILES string of the molecule is NC(=O)[C@H]1N=Cc2ccccc21. The highest BCUT2D eigenvalue weighted by molar-refractivity contribution is 5.94. The van der Waals surface area contributed by atoms with Crippen LogP contribution in [-0.4, -0.2) is 12.1 Å². The molecule has 1 aromatic rings. The van der Waals surface area contributed by atoms with Crippen LogP contribution < -0.4 is 5.73 Å². The van der Waals surface area contributed by atoms with Crippen molar-refractivity contribution in [2.24, 2.45) is 10.7 Å². The van der Waals surface area contributed by atoms with Gasteiger partial charge in [-0.25, -0.2) is 0 Å². The van der Waals surface area contributed by atoms with E-state index in [4.69, 9.17) is 5.73 Å². The number of nitrogens with two attached hydrogens (primary N) is 1. The van der Waals surface area contributed by atoms with E-state index in [1.165, 1.54) is 0 Å². The van der Waals surface area contributed by atoms with Crippen LogP contribution in [0.3, 0.4) is 0 Å². The standard InChI is InChI=1S/C9H8N2O/c10-9(12)8-7-4-2-1-3-6(7)5-11-8/h1-5,8H,(H2,10,12)/t8-/m0/s1. The summed E-state index contributed by atoms with van der Waals surface area (Å²) in [7, 11) is 0. The molecule has 0 aliphatic carbocycles. The van der Waals surface area contributed by atoms with Crippen LogP contribution in [0.25, 0.3) is 0 Å². The van der Waals surface area contributed by atoms with Crippen molar-refractivity contribution in [2.75, 3.05) is 0 Å². The summed E-state index contributed by atoms with van der Waals surface area (Å²) in [6, 6.07) is 7.11. The van der Waals surface area contributed by atoms with E-state index in [1.807, 2.05) is 24.3 Å². The number of carbonyl (C=O) groups is 1. The third kappa shape index (κ3) is 0.906. The van der Waals surface area contributed by atoms with E-state index in [9.17, 15) is 4.79 Å². The molecule has 2 N–H and O–H groups in total. The molecule has 0 aromatic heterocycles. The van der Waals surface area contributed by atoms with E-state index < -0.39 is 11.9 Å². The largest absolute Gasteiger partial charge is 0.368 e. The third-order valence-electron chi connectivity index (χ3n) is 1.92. The summed E-state index contributed by atoms with van der Waals surface area (Å²) in [5, 5.41) is 0. The number of hydrogen-bond acceptors (Lipinski definition) is 2. The van der Waals surface area contributed by atoms with Gasteiger partial charge in [0.05, 0.1) is 0 Å². The van der Waals surface area contributed by atoms with Gasteiger partial charge in [-0.2, -0.15) is 0 Å². The molecule has 0 fully saturated rings. The van der Waals surface area contributed by atoms with Crippen molar-refractivity contribution in [3.05, 3.63) is 35.4 Å². The summed E-state index contributed by atoms with van der Waals surface area (Å²) < 4.78 is 0. The van der Waals surface area contributed by atoms with E-state index >= 15 is 0 Å². The van der Waals surface area contributed by atoms with Crippen molar-refractivity contribution in [3.8, 4) is 0 Å². The molecule has 0 saturated carbocycles. The van der Waals surface area contributed by atoms with E-state index in [2.05, 4.69) is 4.99 Å². The highest BCUT2D eigenvalue weighted by Gasteiger charge is 2.22. The predicted octanol–water partition coefficient (Wildman–Crippen LogP) is 0.646. The van der Waals surface area contributed by atoms with Gasteiger partial charge >= 0.3 is 0 Å².